The summed E-state index contributed by atoms with van der Waals surface area (Å²) < 4.78 is 0. The monoisotopic (exact) mass is 224 g/mol. The van der Waals surface area contributed by atoms with E-state index in [0.29, 0.717) is 0 Å². The van der Waals surface area contributed by atoms with Crippen molar-refractivity contribution in [3.8, 4) is 0 Å². The molecule has 6 nitrogen and oxygen atoms in total. The molecule has 0 radical (unpaired) electrons. The maximum absolute atomic E-state index is 3.86. The summed E-state index contributed by atoms with van der Waals surface area (Å²) in [6.45, 7) is 1.46. The Kier molecular flexibility index (Phi) is 8.30. The van der Waals surface area contributed by atoms with Crippen molar-refractivity contribution in [2.75, 3.05) is 13.1 Å². The van der Waals surface area contributed by atoms with E-state index in [2.05, 4.69) is 31.1 Å². The Morgan fingerprint density at radius 3 is 1.19 bits per heavy atom. The third-order valence-electron chi connectivity index (χ3n) is 2.51. The largest absolute Gasteiger partial charge is 0.167 e. The van der Waals surface area contributed by atoms with Gasteiger partial charge < -0.3 is 0 Å². The highest BCUT2D eigenvalue weighted by atomic mass is 15.6. The lowest BCUT2D eigenvalue weighted by Crippen LogP contribution is -1.85. The summed E-state index contributed by atoms with van der Waals surface area (Å²) in [5.74, 6) is 0. The molecule has 0 saturated carbocycles. The van der Waals surface area contributed by atoms with Crippen LogP contribution >= 0.6 is 0 Å². The average Bonchev–Trinajstić information content (AvgIpc) is 2.29. The minimum Gasteiger partial charge on any atom is -0.167 e. The van der Waals surface area contributed by atoms with E-state index in [1.54, 1.807) is 0 Å². The molecule has 0 aliphatic carbocycles. The molecule has 16 heavy (non-hydrogen) atoms. The fourth-order valence-electron chi connectivity index (χ4n) is 1.61. The summed E-state index contributed by atoms with van der Waals surface area (Å²) >= 11 is 0. The van der Waals surface area contributed by atoms with Gasteiger partial charge in [0.05, 0.1) is 13.1 Å². The molecule has 1 heterocycles. The van der Waals surface area contributed by atoms with Crippen LogP contribution in [-0.2, 0) is 0 Å². The van der Waals surface area contributed by atoms with Gasteiger partial charge in [0.2, 0.25) is 0 Å². The minimum absolute atomic E-state index is 0.732. The van der Waals surface area contributed by atoms with Crippen LogP contribution in [-0.4, -0.2) is 13.1 Å². The molecule has 1 aliphatic heterocycles. The van der Waals surface area contributed by atoms with Crippen LogP contribution < -0.4 is 0 Å². The SMILES string of the molecule is C1CCCCCN=N/N=N\N=NCCCC1. The number of nitrogens with zero attached hydrogens (tertiary/aromatic N) is 6. The Bertz CT molecular complexity index is 211. The molecule has 0 aromatic heterocycles. The second-order valence-electron chi connectivity index (χ2n) is 3.92. The number of hydrogen-bond acceptors (Lipinski definition) is 6. The van der Waals surface area contributed by atoms with E-state index in [1.807, 2.05) is 0 Å². The third kappa shape index (κ3) is 8.14. The quantitative estimate of drug-likeness (QED) is 0.588. The molecule has 0 N–H and O–H groups in total. The van der Waals surface area contributed by atoms with Crippen molar-refractivity contribution in [3.63, 3.8) is 0 Å². The van der Waals surface area contributed by atoms with Gasteiger partial charge in [-0.2, -0.15) is 10.2 Å². The lowest BCUT2D eigenvalue weighted by Gasteiger charge is -2.00. The third-order valence-corrected chi connectivity index (χ3v) is 2.51. The van der Waals surface area contributed by atoms with Crippen molar-refractivity contribution in [2.45, 2.75) is 51.4 Å². The highest BCUT2D eigenvalue weighted by Crippen LogP contribution is 2.09. The summed E-state index contributed by atoms with van der Waals surface area (Å²) in [5.41, 5.74) is 0. The lowest BCUT2D eigenvalue weighted by molar-refractivity contribution is 0.564. The van der Waals surface area contributed by atoms with Crippen LogP contribution in [0.1, 0.15) is 51.4 Å². The molecular formula is C10H20N6. The Morgan fingerprint density at radius 2 is 0.750 bits per heavy atom. The zero-order valence-corrected chi connectivity index (χ0v) is 9.75. The Morgan fingerprint density at radius 1 is 0.375 bits per heavy atom. The molecule has 1 aliphatic rings. The van der Waals surface area contributed by atoms with Gasteiger partial charge in [0, 0.05) is 0 Å². The smallest absolute Gasteiger partial charge is 0.0621 e. The fraction of sp³-hybridized carbons (Fsp3) is 1.00. The highest BCUT2D eigenvalue weighted by Gasteiger charge is 1.92. The van der Waals surface area contributed by atoms with Crippen LogP contribution in [0.5, 0.6) is 0 Å². The van der Waals surface area contributed by atoms with Crippen LogP contribution in [0.25, 0.3) is 0 Å². The van der Waals surface area contributed by atoms with Gasteiger partial charge in [-0.05, 0) is 33.7 Å². The van der Waals surface area contributed by atoms with Crippen LogP contribution in [0.3, 0.4) is 0 Å². The molecule has 0 atom stereocenters. The maximum Gasteiger partial charge on any atom is 0.0621 e. The van der Waals surface area contributed by atoms with Gasteiger partial charge >= 0.3 is 0 Å². The second kappa shape index (κ2) is 10.3. The molecular weight excluding hydrogens is 204 g/mol. The minimum atomic E-state index is 0.732. The van der Waals surface area contributed by atoms with Crippen LogP contribution in [0.4, 0.5) is 0 Å². The highest BCUT2D eigenvalue weighted by molar-refractivity contribution is 4.49. The van der Waals surface area contributed by atoms with Gasteiger partial charge in [-0.15, -0.1) is 0 Å². The van der Waals surface area contributed by atoms with Gasteiger partial charge in [0.1, 0.15) is 0 Å². The maximum atomic E-state index is 3.86. The summed E-state index contributed by atoms with van der Waals surface area (Å²) in [6.07, 6.45) is 9.90. The zero-order valence-electron chi connectivity index (χ0n) is 9.75. The first-order valence-corrected chi connectivity index (χ1v) is 6.13. The summed E-state index contributed by atoms with van der Waals surface area (Å²) in [4.78, 5) is 0. The first-order valence-electron chi connectivity index (χ1n) is 6.13. The van der Waals surface area contributed by atoms with Gasteiger partial charge in [-0.25, -0.2) is 0 Å². The van der Waals surface area contributed by atoms with Gasteiger partial charge in [-0.1, -0.05) is 38.5 Å². The average molecular weight is 224 g/mol. The van der Waals surface area contributed by atoms with Crippen molar-refractivity contribution >= 4 is 0 Å². The van der Waals surface area contributed by atoms with E-state index in [4.69, 9.17) is 0 Å². The lowest BCUT2D eigenvalue weighted by atomic mass is 10.1. The second-order valence-corrected chi connectivity index (χ2v) is 3.92. The predicted molar refractivity (Wildman–Crippen MR) is 61.2 cm³/mol. The predicted octanol–water partition coefficient (Wildman–Crippen LogP) is 4.31. The first-order chi connectivity index (χ1) is 8.00. The van der Waals surface area contributed by atoms with E-state index < -0.39 is 0 Å². The molecule has 0 amide bonds. The van der Waals surface area contributed by atoms with Crippen molar-refractivity contribution in [3.05, 3.63) is 0 Å². The van der Waals surface area contributed by atoms with Crippen molar-refractivity contribution in [1.29, 1.82) is 0 Å². The van der Waals surface area contributed by atoms with E-state index >= 15 is 0 Å². The van der Waals surface area contributed by atoms with Crippen molar-refractivity contribution in [2.24, 2.45) is 31.1 Å². The van der Waals surface area contributed by atoms with Gasteiger partial charge in [-0.3, -0.25) is 0 Å². The molecule has 90 valence electrons. The summed E-state index contributed by atoms with van der Waals surface area (Å²) in [6, 6.07) is 0. The van der Waals surface area contributed by atoms with Crippen LogP contribution in [0.2, 0.25) is 0 Å². The van der Waals surface area contributed by atoms with Gasteiger partial charge in [0.25, 0.3) is 0 Å². The molecule has 0 fully saturated rings. The summed E-state index contributed by atoms with van der Waals surface area (Å²) in [5, 5.41) is 21.6. The number of hydrogen-bond donors (Lipinski definition) is 0. The van der Waals surface area contributed by atoms with Crippen molar-refractivity contribution in [1.82, 2.24) is 0 Å². The Balaban J connectivity index is 2.23. The molecule has 0 saturated heterocycles. The molecule has 0 aromatic carbocycles. The molecule has 6 heteroatoms. The number of rotatable bonds is 0. The topological polar surface area (TPSA) is 74.2 Å². The summed E-state index contributed by atoms with van der Waals surface area (Å²) in [7, 11) is 0. The van der Waals surface area contributed by atoms with E-state index in [1.165, 1.54) is 38.5 Å². The van der Waals surface area contributed by atoms with Crippen LogP contribution in [0.15, 0.2) is 31.1 Å². The fourth-order valence-corrected chi connectivity index (χ4v) is 1.61. The standard InChI is InChI=1S/C10H20N6/c1-2-4-6-8-10-12-14-16-15-13-11-9-7-5-3-1/h1-10H2/b13-11?,14-12?,16-15-. The zero-order chi connectivity index (χ0) is 11.3. The van der Waals surface area contributed by atoms with Crippen molar-refractivity contribution < 1.29 is 0 Å². The molecule has 0 aromatic rings. The Labute approximate surface area is 96.3 Å². The first kappa shape index (κ1) is 12.9. The Hall–Kier alpha value is -1.20. The van der Waals surface area contributed by atoms with E-state index in [0.717, 1.165) is 25.9 Å². The molecule has 1 rings (SSSR count). The van der Waals surface area contributed by atoms with Gasteiger partial charge in [0.15, 0.2) is 0 Å². The molecule has 0 unspecified atom stereocenters. The molecule has 0 bridgehead atoms. The van der Waals surface area contributed by atoms with E-state index in [9.17, 15) is 0 Å². The van der Waals surface area contributed by atoms with Crippen LogP contribution in [0, 0.1) is 0 Å². The normalized spacial score (nSPS) is 23.0. The molecule has 0 spiro atoms. The van der Waals surface area contributed by atoms with E-state index in [-0.39, 0.29) is 0 Å².